The van der Waals surface area contributed by atoms with Crippen LogP contribution in [-0.4, -0.2) is 5.91 Å². The second kappa shape index (κ2) is 13.2. The molecule has 0 atom stereocenters. The summed E-state index contributed by atoms with van der Waals surface area (Å²) in [5.74, 6) is 0.764. The van der Waals surface area contributed by atoms with Crippen molar-refractivity contribution in [1.29, 1.82) is 5.26 Å². The van der Waals surface area contributed by atoms with Crippen molar-refractivity contribution in [2.45, 2.75) is 13.2 Å². The van der Waals surface area contributed by atoms with E-state index in [4.69, 9.17) is 32.7 Å². The second-order valence-electron chi connectivity index (χ2n) is 8.17. The van der Waals surface area contributed by atoms with Crippen LogP contribution in [0.1, 0.15) is 16.7 Å². The van der Waals surface area contributed by atoms with Crippen LogP contribution in [0.4, 0.5) is 5.69 Å². The summed E-state index contributed by atoms with van der Waals surface area (Å²) in [6.45, 7) is 0.745. The van der Waals surface area contributed by atoms with E-state index in [0.717, 1.165) is 11.1 Å². The molecule has 0 aliphatic rings. The lowest BCUT2D eigenvalue weighted by molar-refractivity contribution is -0.112. The third kappa shape index (κ3) is 7.87. The van der Waals surface area contributed by atoms with Crippen molar-refractivity contribution in [3.05, 3.63) is 128 Å². The number of carbonyl (C=O) groups excluding carboxylic acids is 1. The number of rotatable bonds is 9. The first kappa shape index (κ1) is 27.3. The van der Waals surface area contributed by atoms with Gasteiger partial charge < -0.3 is 14.8 Å². The quantitative estimate of drug-likeness (QED) is 0.153. The molecular formula is C30H21BrCl2N2O3. The summed E-state index contributed by atoms with van der Waals surface area (Å²) >= 11 is 15.4. The van der Waals surface area contributed by atoms with Gasteiger partial charge in [0.15, 0.2) is 0 Å². The third-order valence-corrected chi connectivity index (χ3v) is 6.45. The number of carbonyl (C=O) groups is 1. The van der Waals surface area contributed by atoms with Crippen LogP contribution < -0.4 is 14.8 Å². The molecule has 0 heterocycles. The van der Waals surface area contributed by atoms with E-state index >= 15 is 0 Å². The zero-order chi connectivity index (χ0) is 26.9. The van der Waals surface area contributed by atoms with E-state index in [2.05, 4.69) is 21.2 Å². The maximum absolute atomic E-state index is 12.7. The molecule has 0 saturated heterocycles. The molecule has 0 unspecified atom stereocenters. The van der Waals surface area contributed by atoms with Crippen molar-refractivity contribution < 1.29 is 14.3 Å². The smallest absolute Gasteiger partial charge is 0.266 e. The van der Waals surface area contributed by atoms with E-state index in [0.29, 0.717) is 50.5 Å². The molecule has 1 N–H and O–H groups in total. The van der Waals surface area contributed by atoms with Crippen molar-refractivity contribution in [2.24, 2.45) is 0 Å². The molecule has 4 aromatic carbocycles. The predicted molar refractivity (Wildman–Crippen MR) is 154 cm³/mol. The fraction of sp³-hybridized carbons (Fsp3) is 0.0667. The zero-order valence-electron chi connectivity index (χ0n) is 20.0. The summed E-state index contributed by atoms with van der Waals surface area (Å²) in [5, 5.41) is 13.6. The Kier molecular flexibility index (Phi) is 9.45. The molecule has 4 rings (SSSR count). The second-order valence-corrected chi connectivity index (χ2v) is 9.90. The summed E-state index contributed by atoms with van der Waals surface area (Å²) in [7, 11) is 0. The molecule has 0 spiro atoms. The topological polar surface area (TPSA) is 71.3 Å². The van der Waals surface area contributed by atoms with Crippen molar-refractivity contribution in [3.8, 4) is 17.6 Å². The Labute approximate surface area is 239 Å². The van der Waals surface area contributed by atoms with Gasteiger partial charge in [-0.25, -0.2) is 0 Å². The van der Waals surface area contributed by atoms with Gasteiger partial charge in [0, 0.05) is 15.7 Å². The normalized spacial score (nSPS) is 10.9. The minimum atomic E-state index is -0.514. The molecule has 190 valence electrons. The van der Waals surface area contributed by atoms with Crippen LogP contribution in [0.15, 0.2) is 101 Å². The van der Waals surface area contributed by atoms with Crippen LogP contribution in [0, 0.1) is 11.3 Å². The highest BCUT2D eigenvalue weighted by Crippen LogP contribution is 2.28. The Morgan fingerprint density at radius 2 is 1.61 bits per heavy atom. The molecule has 38 heavy (non-hydrogen) atoms. The third-order valence-electron chi connectivity index (χ3n) is 5.35. The van der Waals surface area contributed by atoms with Gasteiger partial charge in [0.05, 0.1) is 4.47 Å². The minimum absolute atomic E-state index is 0.0347. The van der Waals surface area contributed by atoms with Crippen LogP contribution in [0.5, 0.6) is 11.5 Å². The van der Waals surface area contributed by atoms with Gasteiger partial charge in [-0.2, -0.15) is 5.26 Å². The number of amides is 1. The average molecular weight is 608 g/mol. The predicted octanol–water partition coefficient (Wildman–Crippen LogP) is 8.46. The number of benzene rings is 4. The first-order valence-corrected chi connectivity index (χ1v) is 13.0. The van der Waals surface area contributed by atoms with Crippen molar-refractivity contribution in [1.82, 2.24) is 0 Å². The van der Waals surface area contributed by atoms with Crippen LogP contribution in [0.2, 0.25) is 10.0 Å². The molecule has 1 amide bonds. The number of halogens is 3. The van der Waals surface area contributed by atoms with Gasteiger partial charge in [0.25, 0.3) is 5.91 Å². The standard InChI is InChI=1S/C30H21BrCl2N2O3/c31-28-16-21(6-13-29(28)38-19-22-2-1-3-25(33)15-22)14-23(17-34)30(36)35-26-9-11-27(12-10-26)37-18-20-4-7-24(32)8-5-20/h1-16H,18-19H2,(H,35,36)/b23-14+. The Hall–Kier alpha value is -3.76. The highest BCUT2D eigenvalue weighted by molar-refractivity contribution is 9.10. The highest BCUT2D eigenvalue weighted by atomic mass is 79.9. The van der Waals surface area contributed by atoms with Crippen LogP contribution >= 0.6 is 39.1 Å². The van der Waals surface area contributed by atoms with Gasteiger partial charge in [0.2, 0.25) is 0 Å². The van der Waals surface area contributed by atoms with E-state index in [1.807, 2.05) is 48.5 Å². The first-order chi connectivity index (χ1) is 18.4. The Morgan fingerprint density at radius 1 is 0.868 bits per heavy atom. The van der Waals surface area contributed by atoms with Gasteiger partial charge in [-0.3, -0.25) is 4.79 Å². The number of nitrogens with one attached hydrogen (secondary N) is 1. The molecule has 0 fully saturated rings. The van der Waals surface area contributed by atoms with E-state index in [9.17, 15) is 10.1 Å². The monoisotopic (exact) mass is 606 g/mol. The maximum Gasteiger partial charge on any atom is 0.266 e. The lowest BCUT2D eigenvalue weighted by Gasteiger charge is -2.10. The molecule has 0 aliphatic heterocycles. The van der Waals surface area contributed by atoms with Gasteiger partial charge >= 0.3 is 0 Å². The molecule has 0 aliphatic carbocycles. The lowest BCUT2D eigenvalue weighted by Crippen LogP contribution is -2.13. The number of ether oxygens (including phenoxy) is 2. The van der Waals surface area contributed by atoms with Gasteiger partial charge in [-0.1, -0.05) is 53.5 Å². The fourth-order valence-electron chi connectivity index (χ4n) is 3.41. The molecule has 8 heteroatoms. The summed E-state index contributed by atoms with van der Waals surface area (Å²) in [6, 6.07) is 29.1. The summed E-state index contributed by atoms with van der Waals surface area (Å²) in [4.78, 5) is 12.7. The number of hydrogen-bond donors (Lipinski definition) is 1. The number of nitriles is 1. The SMILES string of the molecule is N#C/C(=C\c1ccc(OCc2cccc(Cl)c2)c(Br)c1)C(=O)Nc1ccc(OCc2ccc(Cl)cc2)cc1. The molecule has 0 saturated carbocycles. The molecule has 0 radical (unpaired) electrons. The molecule has 0 aromatic heterocycles. The van der Waals surface area contributed by atoms with Gasteiger partial charge in [-0.05, 0) is 99.4 Å². The van der Waals surface area contributed by atoms with Crippen molar-refractivity contribution in [3.63, 3.8) is 0 Å². The van der Waals surface area contributed by atoms with Gasteiger partial charge in [0.1, 0.15) is 36.4 Å². The Balaban J connectivity index is 1.35. The van der Waals surface area contributed by atoms with E-state index in [1.54, 1.807) is 48.5 Å². The van der Waals surface area contributed by atoms with E-state index in [-0.39, 0.29) is 5.57 Å². The fourth-order valence-corrected chi connectivity index (χ4v) is 4.26. The summed E-state index contributed by atoms with van der Waals surface area (Å²) in [5.41, 5.74) is 3.11. The van der Waals surface area contributed by atoms with Crippen LogP contribution in [-0.2, 0) is 18.0 Å². The number of hydrogen-bond acceptors (Lipinski definition) is 4. The molecule has 0 bridgehead atoms. The molecular weight excluding hydrogens is 587 g/mol. The highest BCUT2D eigenvalue weighted by Gasteiger charge is 2.11. The lowest BCUT2D eigenvalue weighted by atomic mass is 10.1. The molecule has 4 aromatic rings. The first-order valence-electron chi connectivity index (χ1n) is 11.5. The van der Waals surface area contributed by atoms with Crippen LogP contribution in [0.3, 0.4) is 0 Å². The average Bonchev–Trinajstić information content (AvgIpc) is 2.91. The zero-order valence-corrected chi connectivity index (χ0v) is 23.1. The number of nitrogens with zero attached hydrogens (tertiary/aromatic N) is 1. The van der Waals surface area contributed by atoms with E-state index < -0.39 is 5.91 Å². The van der Waals surface area contributed by atoms with Crippen LogP contribution in [0.25, 0.3) is 6.08 Å². The van der Waals surface area contributed by atoms with Gasteiger partial charge in [-0.15, -0.1) is 0 Å². The number of anilines is 1. The van der Waals surface area contributed by atoms with Crippen molar-refractivity contribution >= 4 is 56.8 Å². The maximum atomic E-state index is 12.7. The largest absolute Gasteiger partial charge is 0.489 e. The Morgan fingerprint density at radius 3 is 2.29 bits per heavy atom. The summed E-state index contributed by atoms with van der Waals surface area (Å²) in [6.07, 6.45) is 1.52. The summed E-state index contributed by atoms with van der Waals surface area (Å²) < 4.78 is 12.3. The minimum Gasteiger partial charge on any atom is -0.489 e. The molecule has 5 nitrogen and oxygen atoms in total. The van der Waals surface area contributed by atoms with Crippen molar-refractivity contribution in [2.75, 3.05) is 5.32 Å². The Bertz CT molecular complexity index is 1500. The van der Waals surface area contributed by atoms with E-state index in [1.165, 1.54) is 6.08 Å².